The van der Waals surface area contributed by atoms with Gasteiger partial charge in [-0.2, -0.15) is 0 Å². The van der Waals surface area contributed by atoms with Crippen LogP contribution in [-0.4, -0.2) is 54.4 Å². The van der Waals surface area contributed by atoms with Gasteiger partial charge in [-0.1, -0.05) is 39.0 Å². The molecule has 1 N–H and O–H groups in total. The lowest BCUT2D eigenvalue weighted by Crippen LogP contribution is -2.49. The van der Waals surface area contributed by atoms with Gasteiger partial charge in [0.05, 0.1) is 5.56 Å². The number of carbonyl (C=O) groups is 2. The van der Waals surface area contributed by atoms with E-state index in [9.17, 15) is 9.59 Å². The molecule has 6 heteroatoms. The third kappa shape index (κ3) is 6.44. The Labute approximate surface area is 175 Å². The molecule has 3 rings (SSSR count). The second kappa shape index (κ2) is 11.2. The summed E-state index contributed by atoms with van der Waals surface area (Å²) in [6.45, 7) is 5.97. The fourth-order valence-corrected chi connectivity index (χ4v) is 4.34. The monoisotopic (exact) mass is 400 g/mol. The molecule has 0 bridgehead atoms. The number of carbonyl (C=O) groups excluding carboxylic acids is 2. The highest BCUT2D eigenvalue weighted by Gasteiger charge is 2.25. The molecule has 1 aromatic heterocycles. The van der Waals surface area contributed by atoms with Gasteiger partial charge in [0.15, 0.2) is 0 Å². The number of nitrogens with one attached hydrogen (secondary N) is 1. The first-order chi connectivity index (χ1) is 14.2. The summed E-state index contributed by atoms with van der Waals surface area (Å²) in [6.07, 6.45) is 12.0. The van der Waals surface area contributed by atoms with E-state index in [1.165, 1.54) is 32.1 Å². The molecule has 0 radical (unpaired) electrons. The average Bonchev–Trinajstić information content (AvgIpc) is 2.77. The van der Waals surface area contributed by atoms with E-state index < -0.39 is 0 Å². The molecule has 0 aromatic carbocycles. The van der Waals surface area contributed by atoms with Crippen molar-refractivity contribution in [1.29, 1.82) is 0 Å². The second-order valence-electron chi connectivity index (χ2n) is 8.44. The van der Waals surface area contributed by atoms with Gasteiger partial charge in [-0.25, -0.2) is 4.98 Å². The van der Waals surface area contributed by atoms with E-state index in [0.29, 0.717) is 23.9 Å². The van der Waals surface area contributed by atoms with Gasteiger partial charge in [0, 0.05) is 45.3 Å². The zero-order chi connectivity index (χ0) is 20.5. The number of rotatable bonds is 8. The lowest BCUT2D eigenvalue weighted by atomic mass is 9.86. The molecule has 1 saturated heterocycles. The molecule has 0 unspecified atom stereocenters. The predicted molar refractivity (Wildman–Crippen MR) is 116 cm³/mol. The molecule has 1 aromatic rings. The summed E-state index contributed by atoms with van der Waals surface area (Å²) < 4.78 is 0. The Morgan fingerprint density at radius 1 is 1.07 bits per heavy atom. The van der Waals surface area contributed by atoms with E-state index in [1.807, 2.05) is 17.0 Å². The minimum absolute atomic E-state index is 0.0571. The van der Waals surface area contributed by atoms with Crippen LogP contribution in [0.1, 0.15) is 75.1 Å². The molecule has 6 nitrogen and oxygen atoms in total. The van der Waals surface area contributed by atoms with Crippen LogP contribution in [0.5, 0.6) is 0 Å². The van der Waals surface area contributed by atoms with Gasteiger partial charge in [0.2, 0.25) is 5.91 Å². The molecular formula is C23H36N4O2. The van der Waals surface area contributed by atoms with Gasteiger partial charge < -0.3 is 15.1 Å². The predicted octanol–water partition coefficient (Wildman–Crippen LogP) is 3.62. The number of pyridine rings is 1. The van der Waals surface area contributed by atoms with Crippen molar-refractivity contribution in [3.63, 3.8) is 0 Å². The Kier molecular flexibility index (Phi) is 8.32. The van der Waals surface area contributed by atoms with Gasteiger partial charge in [-0.05, 0) is 37.3 Å². The zero-order valence-corrected chi connectivity index (χ0v) is 17.9. The Hall–Kier alpha value is -2.11. The SMILES string of the molecule is CCCCCNC(=O)c1ccc(N2CCN(C(=O)CC3CCCCC3)CC2)nc1. The van der Waals surface area contributed by atoms with Crippen molar-refractivity contribution in [2.45, 2.75) is 64.7 Å². The first-order valence-electron chi connectivity index (χ1n) is 11.4. The van der Waals surface area contributed by atoms with Crippen LogP contribution in [-0.2, 0) is 4.79 Å². The highest BCUT2D eigenvalue weighted by Crippen LogP contribution is 2.27. The smallest absolute Gasteiger partial charge is 0.252 e. The molecule has 0 spiro atoms. The van der Waals surface area contributed by atoms with Crippen molar-refractivity contribution in [3.05, 3.63) is 23.9 Å². The number of hydrogen-bond acceptors (Lipinski definition) is 4. The van der Waals surface area contributed by atoms with Crippen molar-refractivity contribution < 1.29 is 9.59 Å². The zero-order valence-electron chi connectivity index (χ0n) is 17.9. The molecule has 1 saturated carbocycles. The number of anilines is 1. The Balaban J connectivity index is 1.43. The van der Waals surface area contributed by atoms with Crippen LogP contribution in [0.25, 0.3) is 0 Å². The van der Waals surface area contributed by atoms with E-state index in [2.05, 4.69) is 22.1 Å². The van der Waals surface area contributed by atoms with Crippen molar-refractivity contribution in [2.75, 3.05) is 37.6 Å². The van der Waals surface area contributed by atoms with Crippen LogP contribution < -0.4 is 10.2 Å². The van der Waals surface area contributed by atoms with E-state index >= 15 is 0 Å². The number of aromatic nitrogens is 1. The summed E-state index contributed by atoms with van der Waals surface area (Å²) in [6, 6.07) is 3.76. The minimum atomic E-state index is -0.0571. The topological polar surface area (TPSA) is 65.5 Å². The summed E-state index contributed by atoms with van der Waals surface area (Å²) >= 11 is 0. The maximum atomic E-state index is 12.6. The Morgan fingerprint density at radius 3 is 2.48 bits per heavy atom. The molecule has 2 heterocycles. The van der Waals surface area contributed by atoms with E-state index in [4.69, 9.17) is 0 Å². The third-order valence-electron chi connectivity index (χ3n) is 6.22. The largest absolute Gasteiger partial charge is 0.353 e. The van der Waals surface area contributed by atoms with Gasteiger partial charge in [0.1, 0.15) is 5.82 Å². The molecule has 2 amide bonds. The first-order valence-corrected chi connectivity index (χ1v) is 11.4. The number of hydrogen-bond donors (Lipinski definition) is 1. The highest BCUT2D eigenvalue weighted by molar-refractivity contribution is 5.94. The van der Waals surface area contributed by atoms with Crippen LogP contribution in [0.2, 0.25) is 0 Å². The normalized spacial score (nSPS) is 18.0. The molecule has 160 valence electrons. The van der Waals surface area contributed by atoms with Crippen LogP contribution in [0.4, 0.5) is 5.82 Å². The molecule has 2 fully saturated rings. The van der Waals surface area contributed by atoms with E-state index in [1.54, 1.807) is 6.20 Å². The summed E-state index contributed by atoms with van der Waals surface area (Å²) in [7, 11) is 0. The number of nitrogens with zero attached hydrogens (tertiary/aromatic N) is 3. The molecular weight excluding hydrogens is 364 g/mol. The highest BCUT2D eigenvalue weighted by atomic mass is 16.2. The summed E-state index contributed by atoms with van der Waals surface area (Å²) in [5.41, 5.74) is 0.603. The van der Waals surface area contributed by atoms with Crippen LogP contribution >= 0.6 is 0 Å². The Morgan fingerprint density at radius 2 is 1.83 bits per heavy atom. The van der Waals surface area contributed by atoms with Crippen molar-refractivity contribution in [1.82, 2.24) is 15.2 Å². The lowest BCUT2D eigenvalue weighted by molar-refractivity contribution is -0.132. The van der Waals surface area contributed by atoms with E-state index in [0.717, 1.165) is 57.7 Å². The van der Waals surface area contributed by atoms with Gasteiger partial charge in [-0.15, -0.1) is 0 Å². The average molecular weight is 401 g/mol. The minimum Gasteiger partial charge on any atom is -0.353 e. The molecule has 29 heavy (non-hydrogen) atoms. The quantitative estimate of drug-likeness (QED) is 0.677. The van der Waals surface area contributed by atoms with Crippen LogP contribution in [0.3, 0.4) is 0 Å². The van der Waals surface area contributed by atoms with Gasteiger partial charge in [-0.3, -0.25) is 9.59 Å². The van der Waals surface area contributed by atoms with Crippen molar-refractivity contribution >= 4 is 17.6 Å². The summed E-state index contributed by atoms with van der Waals surface area (Å²) in [5.74, 6) is 1.74. The third-order valence-corrected chi connectivity index (χ3v) is 6.22. The molecule has 1 aliphatic carbocycles. The van der Waals surface area contributed by atoms with Crippen molar-refractivity contribution in [2.24, 2.45) is 5.92 Å². The second-order valence-corrected chi connectivity index (χ2v) is 8.44. The number of unbranched alkanes of at least 4 members (excludes halogenated alkanes) is 2. The van der Waals surface area contributed by atoms with Crippen molar-refractivity contribution in [3.8, 4) is 0 Å². The molecule has 1 aliphatic heterocycles. The van der Waals surface area contributed by atoms with Crippen LogP contribution in [0.15, 0.2) is 18.3 Å². The fourth-order valence-electron chi connectivity index (χ4n) is 4.34. The number of piperazine rings is 1. The molecule has 2 aliphatic rings. The standard InChI is InChI=1S/C23H36N4O2/c1-2-3-7-12-24-23(29)20-10-11-21(25-18-20)26-13-15-27(16-14-26)22(28)17-19-8-5-4-6-9-19/h10-11,18-19H,2-9,12-17H2,1H3,(H,24,29). The maximum Gasteiger partial charge on any atom is 0.252 e. The first kappa shape index (κ1) is 21.6. The fraction of sp³-hybridized carbons (Fsp3) is 0.696. The maximum absolute atomic E-state index is 12.6. The van der Waals surface area contributed by atoms with Gasteiger partial charge in [0.25, 0.3) is 5.91 Å². The van der Waals surface area contributed by atoms with E-state index in [-0.39, 0.29) is 5.91 Å². The number of amides is 2. The summed E-state index contributed by atoms with van der Waals surface area (Å²) in [4.78, 5) is 33.5. The lowest BCUT2D eigenvalue weighted by Gasteiger charge is -2.36. The van der Waals surface area contributed by atoms with Crippen LogP contribution in [0, 0.1) is 5.92 Å². The van der Waals surface area contributed by atoms with Gasteiger partial charge >= 0.3 is 0 Å². The molecule has 0 atom stereocenters. The Bertz CT molecular complexity index is 647. The summed E-state index contributed by atoms with van der Waals surface area (Å²) in [5, 5.41) is 2.95.